The Morgan fingerprint density at radius 3 is 2.45 bits per heavy atom. The zero-order valence-electron chi connectivity index (χ0n) is 13.0. The second-order valence-corrected chi connectivity index (χ2v) is 5.42. The number of nitrogens with zero attached hydrogens (tertiary/aromatic N) is 2. The van der Waals surface area contributed by atoms with Gasteiger partial charge < -0.3 is 5.73 Å². The molecule has 0 atom stereocenters. The standard InChI is InChI=1S/C17H27N3/c1-5-17(13-16(4)14-18)7-6-8-19-9-11-20(12-10-19)15(2)3/h5,13-15H,1,8-12,18H2,2-4H3/b16-14-,17-13+. The lowest BCUT2D eigenvalue weighted by Gasteiger charge is -2.36. The minimum atomic E-state index is 0.643. The van der Waals surface area contributed by atoms with Gasteiger partial charge in [0, 0.05) is 37.8 Å². The molecule has 0 unspecified atom stereocenters. The van der Waals surface area contributed by atoms with Crippen LogP contribution in [-0.4, -0.2) is 48.6 Å². The predicted octanol–water partition coefficient (Wildman–Crippen LogP) is 1.99. The molecule has 1 fully saturated rings. The zero-order chi connectivity index (χ0) is 15.0. The topological polar surface area (TPSA) is 32.5 Å². The minimum absolute atomic E-state index is 0.643. The van der Waals surface area contributed by atoms with E-state index in [1.165, 1.54) is 0 Å². The highest BCUT2D eigenvalue weighted by atomic mass is 15.3. The van der Waals surface area contributed by atoms with Crippen LogP contribution in [0.15, 0.2) is 36.1 Å². The van der Waals surface area contributed by atoms with Crippen LogP contribution >= 0.6 is 0 Å². The van der Waals surface area contributed by atoms with Gasteiger partial charge in [-0.1, -0.05) is 24.5 Å². The van der Waals surface area contributed by atoms with E-state index in [-0.39, 0.29) is 0 Å². The van der Waals surface area contributed by atoms with E-state index in [2.05, 4.69) is 42.1 Å². The van der Waals surface area contributed by atoms with E-state index in [4.69, 9.17) is 5.73 Å². The Hall–Kier alpha value is -1.50. The smallest absolute Gasteiger partial charge is 0.0606 e. The normalized spacial score (nSPS) is 18.8. The van der Waals surface area contributed by atoms with Crippen molar-refractivity contribution in [3.63, 3.8) is 0 Å². The molecule has 0 aromatic carbocycles. The van der Waals surface area contributed by atoms with E-state index in [9.17, 15) is 0 Å². The molecule has 3 nitrogen and oxygen atoms in total. The zero-order valence-corrected chi connectivity index (χ0v) is 13.0. The molecule has 0 amide bonds. The van der Waals surface area contributed by atoms with Crippen molar-refractivity contribution in [1.29, 1.82) is 0 Å². The van der Waals surface area contributed by atoms with Crippen LogP contribution in [0.3, 0.4) is 0 Å². The molecule has 1 aliphatic heterocycles. The molecule has 1 rings (SSSR count). The van der Waals surface area contributed by atoms with Gasteiger partial charge in [0.2, 0.25) is 0 Å². The van der Waals surface area contributed by atoms with Gasteiger partial charge >= 0.3 is 0 Å². The van der Waals surface area contributed by atoms with E-state index in [1.54, 1.807) is 12.3 Å². The minimum Gasteiger partial charge on any atom is -0.404 e. The molecule has 1 aliphatic rings. The molecule has 3 heteroatoms. The summed E-state index contributed by atoms with van der Waals surface area (Å²) in [6.07, 6.45) is 5.31. The molecule has 2 N–H and O–H groups in total. The third-order valence-corrected chi connectivity index (χ3v) is 3.54. The molecule has 20 heavy (non-hydrogen) atoms. The Kier molecular flexibility index (Phi) is 7.14. The Morgan fingerprint density at radius 1 is 1.30 bits per heavy atom. The van der Waals surface area contributed by atoms with Gasteiger partial charge in [0.05, 0.1) is 6.54 Å². The van der Waals surface area contributed by atoms with Crippen molar-refractivity contribution >= 4 is 0 Å². The molecular weight excluding hydrogens is 246 g/mol. The van der Waals surface area contributed by atoms with E-state index >= 15 is 0 Å². The highest BCUT2D eigenvalue weighted by Gasteiger charge is 2.17. The van der Waals surface area contributed by atoms with Crippen LogP contribution < -0.4 is 5.73 Å². The summed E-state index contributed by atoms with van der Waals surface area (Å²) in [4.78, 5) is 4.91. The van der Waals surface area contributed by atoms with Crippen molar-refractivity contribution in [1.82, 2.24) is 9.80 Å². The molecule has 110 valence electrons. The maximum atomic E-state index is 5.46. The maximum Gasteiger partial charge on any atom is 0.0606 e. The van der Waals surface area contributed by atoms with Gasteiger partial charge in [-0.15, -0.1) is 0 Å². The molecule has 0 radical (unpaired) electrons. The van der Waals surface area contributed by atoms with Crippen molar-refractivity contribution < 1.29 is 0 Å². The SMILES string of the molecule is C=C/C(C#CCN1CCN(C(C)C)CC1)=C\C(C)=C/N. The first-order valence-electron chi connectivity index (χ1n) is 7.24. The average molecular weight is 273 g/mol. The fraction of sp³-hybridized carbons (Fsp3) is 0.529. The van der Waals surface area contributed by atoms with E-state index in [0.29, 0.717) is 6.04 Å². The number of rotatable bonds is 4. The van der Waals surface area contributed by atoms with E-state index < -0.39 is 0 Å². The lowest BCUT2D eigenvalue weighted by Crippen LogP contribution is -2.48. The summed E-state index contributed by atoms with van der Waals surface area (Å²) in [5.41, 5.74) is 7.38. The third-order valence-electron chi connectivity index (χ3n) is 3.54. The molecule has 0 aromatic rings. The van der Waals surface area contributed by atoms with Gasteiger partial charge in [-0.25, -0.2) is 0 Å². The molecule has 0 saturated carbocycles. The van der Waals surface area contributed by atoms with Gasteiger partial charge in [0.15, 0.2) is 0 Å². The summed E-state index contributed by atoms with van der Waals surface area (Å²) in [6.45, 7) is 15.5. The van der Waals surface area contributed by atoms with Crippen LogP contribution in [0.4, 0.5) is 0 Å². The van der Waals surface area contributed by atoms with Crippen LogP contribution in [0, 0.1) is 11.8 Å². The van der Waals surface area contributed by atoms with Crippen molar-refractivity contribution in [2.24, 2.45) is 5.73 Å². The number of allylic oxidation sites excluding steroid dienone is 4. The van der Waals surface area contributed by atoms with E-state index in [1.807, 2.05) is 13.0 Å². The average Bonchev–Trinajstić information content (AvgIpc) is 2.46. The van der Waals surface area contributed by atoms with Gasteiger partial charge in [-0.3, -0.25) is 9.80 Å². The summed E-state index contributed by atoms with van der Waals surface area (Å²) in [5.74, 6) is 6.39. The molecular formula is C17H27N3. The van der Waals surface area contributed by atoms with Crippen LogP contribution in [0.1, 0.15) is 20.8 Å². The Balaban J connectivity index is 2.47. The lowest BCUT2D eigenvalue weighted by molar-refractivity contribution is 0.118. The Bertz CT molecular complexity index is 427. The lowest BCUT2D eigenvalue weighted by atomic mass is 10.2. The molecule has 0 aromatic heterocycles. The number of nitrogens with two attached hydrogens (primary N) is 1. The first-order valence-corrected chi connectivity index (χ1v) is 7.24. The fourth-order valence-electron chi connectivity index (χ4n) is 2.13. The highest BCUT2D eigenvalue weighted by molar-refractivity contribution is 5.41. The largest absolute Gasteiger partial charge is 0.404 e. The summed E-state index contributed by atoms with van der Waals surface area (Å²) in [5, 5.41) is 0. The molecule has 1 saturated heterocycles. The molecule has 0 aliphatic carbocycles. The second-order valence-electron chi connectivity index (χ2n) is 5.42. The van der Waals surface area contributed by atoms with Gasteiger partial charge in [-0.05, 0) is 38.6 Å². The first-order chi connectivity index (χ1) is 9.56. The second kappa shape index (κ2) is 8.63. The predicted molar refractivity (Wildman–Crippen MR) is 87.1 cm³/mol. The van der Waals surface area contributed by atoms with Crippen LogP contribution in [0.25, 0.3) is 0 Å². The van der Waals surface area contributed by atoms with E-state index in [0.717, 1.165) is 43.9 Å². The van der Waals surface area contributed by atoms with Crippen LogP contribution in [0.5, 0.6) is 0 Å². The maximum absolute atomic E-state index is 5.46. The fourth-order valence-corrected chi connectivity index (χ4v) is 2.13. The van der Waals surface area contributed by atoms with Gasteiger partial charge in [0.25, 0.3) is 0 Å². The third kappa shape index (κ3) is 5.64. The van der Waals surface area contributed by atoms with Crippen molar-refractivity contribution in [3.8, 4) is 11.8 Å². The summed E-state index contributed by atoms with van der Waals surface area (Å²) in [6, 6.07) is 0.643. The summed E-state index contributed by atoms with van der Waals surface area (Å²) in [7, 11) is 0. The summed E-state index contributed by atoms with van der Waals surface area (Å²) >= 11 is 0. The van der Waals surface area contributed by atoms with Crippen LogP contribution in [-0.2, 0) is 0 Å². The summed E-state index contributed by atoms with van der Waals surface area (Å²) < 4.78 is 0. The number of piperazine rings is 1. The van der Waals surface area contributed by atoms with Gasteiger partial charge in [0.1, 0.15) is 0 Å². The molecule has 0 bridgehead atoms. The molecule has 1 heterocycles. The Morgan fingerprint density at radius 2 is 1.95 bits per heavy atom. The quantitative estimate of drug-likeness (QED) is 0.628. The van der Waals surface area contributed by atoms with Crippen molar-refractivity contribution in [3.05, 3.63) is 36.1 Å². The monoisotopic (exact) mass is 273 g/mol. The first kappa shape index (κ1) is 16.6. The van der Waals surface area contributed by atoms with Gasteiger partial charge in [-0.2, -0.15) is 0 Å². The molecule has 0 spiro atoms. The highest BCUT2D eigenvalue weighted by Crippen LogP contribution is 2.05. The van der Waals surface area contributed by atoms with Crippen molar-refractivity contribution in [2.45, 2.75) is 26.8 Å². The number of hydrogen-bond donors (Lipinski definition) is 1. The van der Waals surface area contributed by atoms with Crippen molar-refractivity contribution in [2.75, 3.05) is 32.7 Å². The number of hydrogen-bond acceptors (Lipinski definition) is 3. The van der Waals surface area contributed by atoms with Crippen LogP contribution in [0.2, 0.25) is 0 Å². The Labute approximate surface area is 123 Å².